The first-order valence-electron chi connectivity index (χ1n) is 9.99. The van der Waals surface area contributed by atoms with Crippen molar-refractivity contribution in [1.82, 2.24) is 9.97 Å². The largest absolute Gasteiger partial charge is 0.393 e. The highest BCUT2D eigenvalue weighted by molar-refractivity contribution is 6.02. The highest BCUT2D eigenvalue weighted by atomic mass is 16.3. The van der Waals surface area contributed by atoms with Crippen LogP contribution < -0.4 is 16.0 Å². The summed E-state index contributed by atoms with van der Waals surface area (Å²) in [4.78, 5) is 20.9. The van der Waals surface area contributed by atoms with Gasteiger partial charge in [-0.3, -0.25) is 4.79 Å². The summed E-state index contributed by atoms with van der Waals surface area (Å²) in [6, 6.07) is 10.0. The standard InChI is InChI=1S/C21H24N6O2/c22-11-13-12-24-21(27-19(13)25-14-5-7-15(28)8-6-14)23-10-9-17-16-3-1-2-4-18(16)26-20(17)29/h1-4,12,14-15,17,28H,5-10H2,(H,26,29)(H2,23,24,25,27). The minimum absolute atomic E-state index is 0.00980. The molecule has 0 radical (unpaired) electrons. The lowest BCUT2D eigenvalue weighted by Gasteiger charge is -2.26. The van der Waals surface area contributed by atoms with Crippen molar-refractivity contribution in [2.24, 2.45) is 0 Å². The van der Waals surface area contributed by atoms with Crippen molar-refractivity contribution < 1.29 is 9.90 Å². The number of amides is 1. The van der Waals surface area contributed by atoms with E-state index in [9.17, 15) is 15.2 Å². The Balaban J connectivity index is 1.38. The van der Waals surface area contributed by atoms with Gasteiger partial charge in [-0.25, -0.2) is 4.98 Å². The quantitative estimate of drug-likeness (QED) is 0.596. The molecule has 8 nitrogen and oxygen atoms in total. The van der Waals surface area contributed by atoms with E-state index in [4.69, 9.17) is 0 Å². The molecule has 0 spiro atoms. The Labute approximate surface area is 169 Å². The van der Waals surface area contributed by atoms with Crippen molar-refractivity contribution in [3.05, 3.63) is 41.6 Å². The predicted molar refractivity (Wildman–Crippen MR) is 110 cm³/mol. The van der Waals surface area contributed by atoms with Crippen LogP contribution in [0, 0.1) is 11.3 Å². The number of nitrogens with one attached hydrogen (secondary N) is 3. The summed E-state index contributed by atoms with van der Waals surface area (Å²) in [6.07, 6.45) is 5.08. The molecule has 1 saturated carbocycles. The van der Waals surface area contributed by atoms with Crippen molar-refractivity contribution >= 4 is 23.4 Å². The summed E-state index contributed by atoms with van der Waals surface area (Å²) in [6.45, 7) is 0.535. The average molecular weight is 392 g/mol. The average Bonchev–Trinajstić information content (AvgIpc) is 3.05. The van der Waals surface area contributed by atoms with Crippen molar-refractivity contribution in [2.45, 2.75) is 50.2 Å². The second kappa shape index (κ2) is 8.45. The number of carbonyl (C=O) groups excluding carboxylic acids is 1. The van der Waals surface area contributed by atoms with Crippen LogP contribution in [0.3, 0.4) is 0 Å². The van der Waals surface area contributed by atoms with Gasteiger partial charge in [0.15, 0.2) is 0 Å². The maximum atomic E-state index is 12.2. The molecule has 1 atom stereocenters. The summed E-state index contributed by atoms with van der Waals surface area (Å²) in [5.74, 6) is 0.753. The molecule has 1 aliphatic carbocycles. The second-order valence-corrected chi connectivity index (χ2v) is 7.56. The number of carbonyl (C=O) groups is 1. The van der Waals surface area contributed by atoms with Crippen molar-refractivity contribution in [1.29, 1.82) is 5.26 Å². The minimum Gasteiger partial charge on any atom is -0.393 e. The lowest BCUT2D eigenvalue weighted by atomic mass is 9.93. The number of nitriles is 1. The van der Waals surface area contributed by atoms with E-state index in [2.05, 4.69) is 32.0 Å². The van der Waals surface area contributed by atoms with Gasteiger partial charge < -0.3 is 21.1 Å². The summed E-state index contributed by atoms with van der Waals surface area (Å²) < 4.78 is 0. The van der Waals surface area contributed by atoms with Gasteiger partial charge in [0.1, 0.15) is 17.5 Å². The third-order valence-corrected chi connectivity index (χ3v) is 5.57. The van der Waals surface area contributed by atoms with E-state index in [1.807, 2.05) is 24.3 Å². The van der Waals surface area contributed by atoms with Crippen LogP contribution in [-0.4, -0.2) is 39.7 Å². The Kier molecular flexibility index (Phi) is 5.58. The number of aliphatic hydroxyl groups excluding tert-OH is 1. The molecule has 1 aliphatic heterocycles. The number of para-hydroxylation sites is 1. The number of fused-ring (bicyclic) bond motifs is 1. The number of nitrogens with zero attached hydrogens (tertiary/aromatic N) is 3. The van der Waals surface area contributed by atoms with Crippen LogP contribution in [0.25, 0.3) is 0 Å². The van der Waals surface area contributed by atoms with Gasteiger partial charge in [-0.15, -0.1) is 0 Å². The number of anilines is 3. The molecule has 1 unspecified atom stereocenters. The van der Waals surface area contributed by atoms with Gasteiger partial charge in [0.05, 0.1) is 18.2 Å². The lowest BCUT2D eigenvalue weighted by Crippen LogP contribution is -2.29. The van der Waals surface area contributed by atoms with Crippen LogP contribution in [0.2, 0.25) is 0 Å². The molecule has 1 amide bonds. The molecule has 2 aliphatic rings. The van der Waals surface area contributed by atoms with E-state index in [1.165, 1.54) is 6.20 Å². The zero-order valence-electron chi connectivity index (χ0n) is 16.1. The molecule has 1 fully saturated rings. The fourth-order valence-electron chi connectivity index (χ4n) is 3.96. The summed E-state index contributed by atoms with van der Waals surface area (Å²) in [5.41, 5.74) is 2.29. The molecule has 0 saturated heterocycles. The first-order chi connectivity index (χ1) is 14.1. The summed E-state index contributed by atoms with van der Waals surface area (Å²) in [5, 5.41) is 28.4. The number of aromatic nitrogens is 2. The Morgan fingerprint density at radius 3 is 2.83 bits per heavy atom. The molecule has 0 bridgehead atoms. The topological polar surface area (TPSA) is 123 Å². The van der Waals surface area contributed by atoms with Crippen LogP contribution in [-0.2, 0) is 4.79 Å². The van der Waals surface area contributed by atoms with E-state index in [0.29, 0.717) is 30.3 Å². The zero-order chi connectivity index (χ0) is 20.2. The Hall–Kier alpha value is -3.18. The first kappa shape index (κ1) is 19.2. The predicted octanol–water partition coefficient (Wildman–Crippen LogP) is 2.60. The van der Waals surface area contributed by atoms with E-state index < -0.39 is 0 Å². The van der Waals surface area contributed by atoms with Gasteiger partial charge in [0.2, 0.25) is 11.9 Å². The summed E-state index contributed by atoms with van der Waals surface area (Å²) in [7, 11) is 0. The molecule has 4 N–H and O–H groups in total. The van der Waals surface area contributed by atoms with Gasteiger partial charge in [-0.05, 0) is 43.7 Å². The third kappa shape index (κ3) is 4.30. The van der Waals surface area contributed by atoms with Crippen molar-refractivity contribution in [3.63, 3.8) is 0 Å². The number of benzene rings is 1. The van der Waals surface area contributed by atoms with Crippen LogP contribution in [0.5, 0.6) is 0 Å². The SMILES string of the molecule is N#Cc1cnc(NCCC2C(=O)Nc3ccccc32)nc1NC1CCC(O)CC1. The van der Waals surface area contributed by atoms with E-state index in [1.54, 1.807) is 0 Å². The first-order valence-corrected chi connectivity index (χ1v) is 9.99. The molecule has 2 heterocycles. The highest BCUT2D eigenvalue weighted by Crippen LogP contribution is 2.34. The smallest absolute Gasteiger partial charge is 0.232 e. The van der Waals surface area contributed by atoms with E-state index in [-0.39, 0.29) is 24.0 Å². The fraction of sp³-hybridized carbons (Fsp3) is 0.429. The second-order valence-electron chi connectivity index (χ2n) is 7.56. The molecular formula is C21H24N6O2. The number of hydrogen-bond acceptors (Lipinski definition) is 7. The zero-order valence-corrected chi connectivity index (χ0v) is 16.1. The third-order valence-electron chi connectivity index (χ3n) is 5.57. The fourth-order valence-corrected chi connectivity index (χ4v) is 3.96. The van der Waals surface area contributed by atoms with Gasteiger partial charge in [-0.1, -0.05) is 18.2 Å². The van der Waals surface area contributed by atoms with Gasteiger partial charge in [0, 0.05) is 18.3 Å². The molecule has 8 heteroatoms. The van der Waals surface area contributed by atoms with Crippen LogP contribution >= 0.6 is 0 Å². The van der Waals surface area contributed by atoms with Crippen molar-refractivity contribution in [2.75, 3.05) is 22.5 Å². The molecule has 150 valence electrons. The van der Waals surface area contributed by atoms with Gasteiger partial charge >= 0.3 is 0 Å². The summed E-state index contributed by atoms with van der Waals surface area (Å²) >= 11 is 0. The van der Waals surface area contributed by atoms with Crippen LogP contribution in [0.15, 0.2) is 30.5 Å². The Morgan fingerprint density at radius 1 is 1.24 bits per heavy atom. The van der Waals surface area contributed by atoms with Crippen LogP contribution in [0.1, 0.15) is 49.1 Å². The Bertz CT molecular complexity index is 933. The Morgan fingerprint density at radius 2 is 2.03 bits per heavy atom. The highest BCUT2D eigenvalue weighted by Gasteiger charge is 2.29. The monoisotopic (exact) mass is 392 g/mol. The van der Waals surface area contributed by atoms with Crippen LogP contribution in [0.4, 0.5) is 17.5 Å². The minimum atomic E-state index is -0.232. The van der Waals surface area contributed by atoms with Gasteiger partial charge in [0.25, 0.3) is 0 Å². The molecular weight excluding hydrogens is 368 g/mol. The molecule has 1 aromatic carbocycles. The molecule has 1 aromatic heterocycles. The number of rotatable bonds is 6. The number of hydrogen-bond donors (Lipinski definition) is 4. The lowest BCUT2D eigenvalue weighted by molar-refractivity contribution is -0.117. The van der Waals surface area contributed by atoms with E-state index >= 15 is 0 Å². The maximum Gasteiger partial charge on any atom is 0.232 e. The normalized spacial score (nSPS) is 23.0. The molecule has 4 rings (SSSR count). The van der Waals surface area contributed by atoms with E-state index in [0.717, 1.165) is 36.9 Å². The molecule has 2 aromatic rings. The molecule has 29 heavy (non-hydrogen) atoms. The van der Waals surface area contributed by atoms with Gasteiger partial charge in [-0.2, -0.15) is 10.2 Å². The number of aliphatic hydroxyl groups is 1. The van der Waals surface area contributed by atoms with Crippen molar-refractivity contribution in [3.8, 4) is 6.07 Å². The maximum absolute atomic E-state index is 12.2.